The lowest BCUT2D eigenvalue weighted by molar-refractivity contribution is 0.249. The molecule has 0 spiro atoms. The second-order valence-corrected chi connectivity index (χ2v) is 3.06. The third kappa shape index (κ3) is 4.42. The third-order valence-electron chi connectivity index (χ3n) is 1.87. The number of carbonyl (C=O) groups is 1. The fraction of sp³-hybridized carbons (Fsp3) is 0.300. The lowest BCUT2D eigenvalue weighted by atomic mass is 10.2. The maximum atomic E-state index is 13.1. The molecule has 1 rings (SSSR count). The van der Waals surface area contributed by atoms with Crippen molar-refractivity contribution in [3.63, 3.8) is 0 Å². The van der Waals surface area contributed by atoms with Crippen LogP contribution in [-0.2, 0) is 6.54 Å². The van der Waals surface area contributed by atoms with Crippen molar-refractivity contribution in [1.29, 1.82) is 0 Å². The van der Waals surface area contributed by atoms with Crippen molar-refractivity contribution in [3.05, 3.63) is 35.6 Å². The maximum absolute atomic E-state index is 13.1. The highest BCUT2D eigenvalue weighted by atomic mass is 19.1. The second kappa shape index (κ2) is 5.98. The summed E-state index contributed by atoms with van der Waals surface area (Å²) in [5, 5.41) is 5.42. The Kier molecular flexibility index (Phi) is 4.56. The van der Waals surface area contributed by atoms with Gasteiger partial charge >= 0.3 is 6.03 Å². The molecule has 15 heavy (non-hydrogen) atoms. The van der Waals surface area contributed by atoms with Gasteiger partial charge in [0.1, 0.15) is 5.82 Å². The topological polar surface area (TPSA) is 67.2 Å². The first-order valence-electron chi connectivity index (χ1n) is 4.67. The zero-order chi connectivity index (χ0) is 11.1. The summed E-state index contributed by atoms with van der Waals surface area (Å²) in [7, 11) is 0. The van der Waals surface area contributed by atoms with Crippen LogP contribution < -0.4 is 16.4 Å². The van der Waals surface area contributed by atoms with Crippen LogP contribution in [0.15, 0.2) is 24.3 Å². The number of urea groups is 1. The summed E-state index contributed by atoms with van der Waals surface area (Å²) < 4.78 is 13.1. The quantitative estimate of drug-likeness (QED) is 0.624. The molecule has 0 fully saturated rings. The normalized spacial score (nSPS) is 9.93. The van der Waals surface area contributed by atoms with Crippen LogP contribution >= 0.6 is 0 Å². The van der Waals surface area contributed by atoms with E-state index in [1.807, 2.05) is 0 Å². The molecule has 2 amide bonds. The van der Waals surface area contributed by atoms with Crippen LogP contribution in [0.3, 0.4) is 0 Å². The molecule has 0 aliphatic heterocycles. The molecule has 4 nitrogen and oxygen atoms in total. The minimum absolute atomic E-state index is 0.229. The van der Waals surface area contributed by atoms with Crippen LogP contribution in [0.2, 0.25) is 0 Å². The first-order valence-corrected chi connectivity index (χ1v) is 4.67. The van der Waals surface area contributed by atoms with Crippen molar-refractivity contribution in [1.82, 2.24) is 10.6 Å². The van der Waals surface area contributed by atoms with Gasteiger partial charge in [0.2, 0.25) is 0 Å². The minimum atomic E-state index is -0.553. The second-order valence-electron chi connectivity index (χ2n) is 3.06. The largest absolute Gasteiger partial charge is 0.352 e. The van der Waals surface area contributed by atoms with Crippen molar-refractivity contribution >= 4 is 6.03 Å². The molecule has 0 saturated carbocycles. The molecular weight excluding hydrogens is 197 g/mol. The summed E-state index contributed by atoms with van der Waals surface area (Å²) in [5.74, 6) is -0.229. The van der Waals surface area contributed by atoms with E-state index in [9.17, 15) is 9.18 Å². The van der Waals surface area contributed by atoms with Crippen molar-refractivity contribution in [3.8, 4) is 0 Å². The summed E-state index contributed by atoms with van der Waals surface area (Å²) in [6, 6.07) is 6.00. The van der Waals surface area contributed by atoms with E-state index >= 15 is 0 Å². The average molecular weight is 211 g/mol. The van der Waals surface area contributed by atoms with Crippen molar-refractivity contribution in [2.45, 2.75) is 6.54 Å². The van der Waals surface area contributed by atoms with Crippen molar-refractivity contribution in [2.24, 2.45) is 5.73 Å². The van der Waals surface area contributed by atoms with Gasteiger partial charge in [0.05, 0.1) is 0 Å². The number of primary amides is 1. The molecule has 0 unspecified atom stereocenters. The number of hydrogen-bond acceptors (Lipinski definition) is 2. The summed E-state index contributed by atoms with van der Waals surface area (Å²) in [5.41, 5.74) is 5.48. The Balaban J connectivity index is 2.21. The molecular formula is C10H14FN3O. The molecule has 0 bridgehead atoms. The number of nitrogens with one attached hydrogen (secondary N) is 2. The molecule has 0 aliphatic rings. The van der Waals surface area contributed by atoms with E-state index in [0.29, 0.717) is 25.2 Å². The summed E-state index contributed by atoms with van der Waals surface area (Å²) >= 11 is 0. The number of nitrogens with two attached hydrogens (primary N) is 1. The van der Waals surface area contributed by atoms with Gasteiger partial charge in [-0.05, 0) is 6.07 Å². The van der Waals surface area contributed by atoms with Gasteiger partial charge in [0.25, 0.3) is 0 Å². The van der Waals surface area contributed by atoms with Gasteiger partial charge in [-0.3, -0.25) is 0 Å². The van der Waals surface area contributed by atoms with Crippen LogP contribution in [0.4, 0.5) is 9.18 Å². The molecule has 0 radical (unpaired) electrons. The Morgan fingerprint density at radius 2 is 2.07 bits per heavy atom. The zero-order valence-electron chi connectivity index (χ0n) is 8.29. The maximum Gasteiger partial charge on any atom is 0.312 e. The molecule has 1 aromatic rings. The Bertz CT molecular complexity index is 330. The molecule has 1 aromatic carbocycles. The molecule has 5 heteroatoms. The summed E-state index contributed by atoms with van der Waals surface area (Å²) in [6.45, 7) is 1.42. The van der Waals surface area contributed by atoms with E-state index in [4.69, 9.17) is 5.73 Å². The third-order valence-corrected chi connectivity index (χ3v) is 1.87. The van der Waals surface area contributed by atoms with E-state index in [1.165, 1.54) is 6.07 Å². The standard InChI is InChI=1S/C10H14FN3O/c11-9-4-2-1-3-8(9)7-13-5-6-14-10(12)15/h1-4,13H,5-7H2,(H3,12,14,15). The van der Waals surface area contributed by atoms with Gasteiger partial charge < -0.3 is 16.4 Å². The SMILES string of the molecule is NC(=O)NCCNCc1ccccc1F. The van der Waals surface area contributed by atoms with Crippen molar-refractivity contribution in [2.75, 3.05) is 13.1 Å². The predicted octanol–water partition coefficient (Wildman–Crippen LogP) is 0.584. The Morgan fingerprint density at radius 3 is 2.73 bits per heavy atom. The lowest BCUT2D eigenvalue weighted by Crippen LogP contribution is -2.35. The number of rotatable bonds is 5. The van der Waals surface area contributed by atoms with Gasteiger partial charge in [-0.25, -0.2) is 9.18 Å². The number of halogens is 1. The van der Waals surface area contributed by atoms with Gasteiger partial charge in [-0.2, -0.15) is 0 Å². The monoisotopic (exact) mass is 211 g/mol. The molecule has 82 valence electrons. The molecule has 0 aromatic heterocycles. The lowest BCUT2D eigenvalue weighted by Gasteiger charge is -2.05. The van der Waals surface area contributed by atoms with E-state index in [0.717, 1.165) is 0 Å². The van der Waals surface area contributed by atoms with E-state index in [2.05, 4.69) is 10.6 Å². The number of benzene rings is 1. The van der Waals surface area contributed by atoms with E-state index in [-0.39, 0.29) is 5.82 Å². The molecule has 4 N–H and O–H groups in total. The Morgan fingerprint density at radius 1 is 1.33 bits per heavy atom. The zero-order valence-corrected chi connectivity index (χ0v) is 8.29. The molecule has 0 atom stereocenters. The van der Waals surface area contributed by atoms with Gasteiger partial charge in [-0.15, -0.1) is 0 Å². The predicted molar refractivity (Wildman–Crippen MR) is 55.7 cm³/mol. The van der Waals surface area contributed by atoms with Crippen LogP contribution in [0.1, 0.15) is 5.56 Å². The van der Waals surface area contributed by atoms with Crippen LogP contribution in [0.5, 0.6) is 0 Å². The molecule has 0 saturated heterocycles. The summed E-state index contributed by atoms with van der Waals surface area (Å²) in [6.07, 6.45) is 0. The number of carbonyl (C=O) groups excluding carboxylic acids is 1. The van der Waals surface area contributed by atoms with E-state index < -0.39 is 6.03 Å². The number of amides is 2. The Labute approximate surface area is 87.7 Å². The fourth-order valence-corrected chi connectivity index (χ4v) is 1.14. The van der Waals surface area contributed by atoms with Gasteiger partial charge in [0.15, 0.2) is 0 Å². The minimum Gasteiger partial charge on any atom is -0.352 e. The Hall–Kier alpha value is -1.62. The van der Waals surface area contributed by atoms with Crippen LogP contribution in [0.25, 0.3) is 0 Å². The average Bonchev–Trinajstić information content (AvgIpc) is 2.20. The van der Waals surface area contributed by atoms with Gasteiger partial charge in [0, 0.05) is 25.2 Å². The molecule has 0 aliphatic carbocycles. The van der Waals surface area contributed by atoms with Crippen LogP contribution in [-0.4, -0.2) is 19.1 Å². The van der Waals surface area contributed by atoms with E-state index in [1.54, 1.807) is 18.2 Å². The number of hydrogen-bond donors (Lipinski definition) is 3. The summed E-state index contributed by atoms with van der Waals surface area (Å²) in [4.78, 5) is 10.3. The van der Waals surface area contributed by atoms with Crippen LogP contribution in [0, 0.1) is 5.82 Å². The smallest absolute Gasteiger partial charge is 0.312 e. The fourth-order valence-electron chi connectivity index (χ4n) is 1.14. The first kappa shape index (κ1) is 11.5. The highest BCUT2D eigenvalue weighted by Gasteiger charge is 1.98. The van der Waals surface area contributed by atoms with Crippen molar-refractivity contribution < 1.29 is 9.18 Å². The first-order chi connectivity index (χ1) is 7.20. The van der Waals surface area contributed by atoms with Gasteiger partial charge in [-0.1, -0.05) is 18.2 Å². The highest BCUT2D eigenvalue weighted by Crippen LogP contribution is 2.04. The highest BCUT2D eigenvalue weighted by molar-refractivity contribution is 5.71. The molecule has 0 heterocycles.